The molecule has 23 heavy (non-hydrogen) atoms. The fourth-order valence-electron chi connectivity index (χ4n) is 2.75. The number of nitrogens with zero attached hydrogens (tertiary/aromatic N) is 2. The third-order valence-electron chi connectivity index (χ3n) is 3.68. The molecule has 0 aromatic carbocycles. The monoisotopic (exact) mass is 334 g/mol. The van der Waals surface area contributed by atoms with Crippen molar-refractivity contribution in [3.63, 3.8) is 0 Å². The number of fused-ring (bicyclic) bond motifs is 3. The topological polar surface area (TPSA) is 93.1 Å². The summed E-state index contributed by atoms with van der Waals surface area (Å²) in [4.78, 5) is 42.3. The Morgan fingerprint density at radius 2 is 2.17 bits per heavy atom. The van der Waals surface area contributed by atoms with E-state index in [1.54, 1.807) is 25.2 Å². The van der Waals surface area contributed by atoms with Crippen LogP contribution in [0.15, 0.2) is 11.1 Å². The van der Waals surface area contributed by atoms with Crippen LogP contribution in [0, 0.1) is 0 Å². The predicted octanol–water partition coefficient (Wildman–Crippen LogP) is 1.18. The number of carbonyl (C=O) groups excluding carboxylic acids is 2. The van der Waals surface area contributed by atoms with Gasteiger partial charge in [-0.05, 0) is 38.7 Å². The fraction of sp³-hybridized carbons (Fsp3) is 0.467. The van der Waals surface area contributed by atoms with Crippen LogP contribution in [0.25, 0.3) is 10.2 Å². The number of nitrogens with one attached hydrogen (secondary N) is 2. The number of amides is 3. The van der Waals surface area contributed by atoms with Crippen molar-refractivity contribution in [1.82, 2.24) is 20.2 Å². The number of aromatic nitrogens is 2. The van der Waals surface area contributed by atoms with Gasteiger partial charge in [-0.15, -0.1) is 11.3 Å². The molecule has 2 aromatic heterocycles. The van der Waals surface area contributed by atoms with E-state index in [0.717, 1.165) is 29.7 Å². The zero-order valence-corrected chi connectivity index (χ0v) is 13.8. The lowest BCUT2D eigenvalue weighted by Gasteiger charge is -2.10. The van der Waals surface area contributed by atoms with Crippen LogP contribution in [0.2, 0.25) is 0 Å². The van der Waals surface area contributed by atoms with Crippen molar-refractivity contribution >= 4 is 33.5 Å². The number of imide groups is 1. The second-order valence-corrected chi connectivity index (χ2v) is 6.98. The molecule has 0 fully saturated rings. The minimum atomic E-state index is -0.566. The Kier molecular flexibility index (Phi) is 4.16. The van der Waals surface area contributed by atoms with E-state index >= 15 is 0 Å². The fourth-order valence-corrected chi connectivity index (χ4v) is 3.97. The Hall–Kier alpha value is -2.22. The summed E-state index contributed by atoms with van der Waals surface area (Å²) in [5, 5.41) is 5.40. The zero-order chi connectivity index (χ0) is 16.6. The summed E-state index contributed by atoms with van der Waals surface area (Å²) >= 11 is 1.56. The van der Waals surface area contributed by atoms with Gasteiger partial charge in [-0.25, -0.2) is 9.78 Å². The molecule has 0 spiro atoms. The maximum atomic E-state index is 12.6. The molecule has 2 aromatic rings. The van der Waals surface area contributed by atoms with Gasteiger partial charge < -0.3 is 5.32 Å². The van der Waals surface area contributed by atoms with Gasteiger partial charge in [0.2, 0.25) is 5.91 Å². The van der Waals surface area contributed by atoms with Crippen molar-refractivity contribution in [2.75, 3.05) is 0 Å². The van der Waals surface area contributed by atoms with E-state index in [1.807, 2.05) is 0 Å². The highest BCUT2D eigenvalue weighted by molar-refractivity contribution is 7.18. The second-order valence-electron chi connectivity index (χ2n) is 5.89. The Balaban J connectivity index is 1.81. The Morgan fingerprint density at radius 1 is 1.39 bits per heavy atom. The van der Waals surface area contributed by atoms with Gasteiger partial charge in [0.25, 0.3) is 5.56 Å². The van der Waals surface area contributed by atoms with E-state index in [2.05, 4.69) is 15.6 Å². The minimum Gasteiger partial charge on any atom is -0.336 e. The lowest BCUT2D eigenvalue weighted by Crippen LogP contribution is -2.44. The lowest BCUT2D eigenvalue weighted by atomic mass is 10.2. The number of carbonyl (C=O) groups is 2. The van der Waals surface area contributed by atoms with Gasteiger partial charge in [0, 0.05) is 10.9 Å². The van der Waals surface area contributed by atoms with Crippen molar-refractivity contribution in [3.05, 3.63) is 27.1 Å². The molecule has 0 aliphatic heterocycles. The quantitative estimate of drug-likeness (QED) is 0.881. The molecule has 0 saturated heterocycles. The second kappa shape index (κ2) is 6.11. The molecule has 0 bridgehead atoms. The predicted molar refractivity (Wildman–Crippen MR) is 87.7 cm³/mol. The van der Waals surface area contributed by atoms with E-state index < -0.39 is 11.9 Å². The average Bonchev–Trinajstić information content (AvgIpc) is 3.00. The molecule has 2 N–H and O–H groups in total. The van der Waals surface area contributed by atoms with Gasteiger partial charge in [-0.3, -0.25) is 19.5 Å². The highest BCUT2D eigenvalue weighted by atomic mass is 32.1. The number of thiophene rings is 1. The van der Waals surface area contributed by atoms with Crippen LogP contribution in [0.1, 0.15) is 30.7 Å². The summed E-state index contributed by atoms with van der Waals surface area (Å²) in [5.41, 5.74) is 0.864. The van der Waals surface area contributed by atoms with E-state index in [1.165, 1.54) is 15.8 Å². The van der Waals surface area contributed by atoms with Gasteiger partial charge in [-0.2, -0.15) is 0 Å². The maximum absolute atomic E-state index is 12.6. The van der Waals surface area contributed by atoms with Crippen molar-refractivity contribution < 1.29 is 9.59 Å². The van der Waals surface area contributed by atoms with Gasteiger partial charge in [0.15, 0.2) is 0 Å². The summed E-state index contributed by atoms with van der Waals surface area (Å²) in [6.45, 7) is 3.37. The number of aryl methyl sites for hydroxylation is 2. The van der Waals surface area contributed by atoms with Gasteiger partial charge >= 0.3 is 6.03 Å². The van der Waals surface area contributed by atoms with E-state index in [0.29, 0.717) is 5.39 Å². The molecule has 0 unspecified atom stereocenters. The summed E-state index contributed by atoms with van der Waals surface area (Å²) in [6.07, 6.45) is 4.31. The first-order valence-corrected chi connectivity index (χ1v) is 8.37. The molecule has 0 atom stereocenters. The van der Waals surface area contributed by atoms with Crippen LogP contribution in [0.4, 0.5) is 4.79 Å². The van der Waals surface area contributed by atoms with Crippen molar-refractivity contribution in [3.8, 4) is 0 Å². The number of urea groups is 1. The molecule has 1 aliphatic carbocycles. The molecule has 7 nitrogen and oxygen atoms in total. The van der Waals surface area contributed by atoms with Gasteiger partial charge in [0.05, 0.1) is 11.7 Å². The molecule has 1 aliphatic rings. The molecular weight excluding hydrogens is 316 g/mol. The molecule has 0 radical (unpaired) electrons. The summed E-state index contributed by atoms with van der Waals surface area (Å²) in [7, 11) is 0. The third kappa shape index (κ3) is 3.12. The largest absolute Gasteiger partial charge is 0.336 e. The molecular formula is C15H18N4O3S. The van der Waals surface area contributed by atoms with Crippen molar-refractivity contribution in [2.24, 2.45) is 0 Å². The third-order valence-corrected chi connectivity index (χ3v) is 4.88. The SMILES string of the molecule is CC(C)NC(=O)NC(=O)Cn1cnc2sc3c(c2c1=O)CCC3. The maximum Gasteiger partial charge on any atom is 0.321 e. The van der Waals surface area contributed by atoms with Crippen LogP contribution in [-0.2, 0) is 24.2 Å². The summed E-state index contributed by atoms with van der Waals surface area (Å²) in [6, 6.07) is -0.638. The number of hydrogen-bond donors (Lipinski definition) is 2. The molecule has 0 saturated carbocycles. The van der Waals surface area contributed by atoms with Crippen molar-refractivity contribution in [1.29, 1.82) is 0 Å². The Labute approximate surface area is 136 Å². The van der Waals surface area contributed by atoms with Gasteiger partial charge in [0.1, 0.15) is 11.4 Å². The summed E-state index contributed by atoms with van der Waals surface area (Å²) in [5.74, 6) is -0.543. The standard InChI is InChI=1S/C15H18N4O3S/c1-8(2)17-15(22)18-11(20)6-19-7-16-13-12(14(19)21)9-4-3-5-10(9)23-13/h7-8H,3-6H2,1-2H3,(H2,17,18,20,22). The van der Waals surface area contributed by atoms with E-state index in [9.17, 15) is 14.4 Å². The van der Waals surface area contributed by atoms with Crippen molar-refractivity contribution in [2.45, 2.75) is 45.7 Å². The first-order chi connectivity index (χ1) is 11.0. The van der Waals surface area contributed by atoms with E-state index in [-0.39, 0.29) is 18.1 Å². The first kappa shape index (κ1) is 15.7. The van der Waals surface area contributed by atoms with Crippen LogP contribution in [0.3, 0.4) is 0 Å². The van der Waals surface area contributed by atoms with Gasteiger partial charge in [-0.1, -0.05) is 0 Å². The van der Waals surface area contributed by atoms with Crippen LogP contribution in [0.5, 0.6) is 0 Å². The molecule has 122 valence electrons. The smallest absolute Gasteiger partial charge is 0.321 e. The molecule has 3 rings (SSSR count). The highest BCUT2D eigenvalue weighted by Gasteiger charge is 2.21. The van der Waals surface area contributed by atoms with Crippen LogP contribution in [-0.4, -0.2) is 27.5 Å². The lowest BCUT2D eigenvalue weighted by molar-refractivity contribution is -0.120. The summed E-state index contributed by atoms with van der Waals surface area (Å²) < 4.78 is 1.26. The Morgan fingerprint density at radius 3 is 2.91 bits per heavy atom. The molecule has 2 heterocycles. The van der Waals surface area contributed by atoms with Crippen LogP contribution < -0.4 is 16.2 Å². The number of rotatable bonds is 3. The normalized spacial score (nSPS) is 13.3. The average molecular weight is 334 g/mol. The first-order valence-electron chi connectivity index (χ1n) is 7.55. The number of hydrogen-bond acceptors (Lipinski definition) is 5. The van der Waals surface area contributed by atoms with Crippen LogP contribution >= 0.6 is 11.3 Å². The van der Waals surface area contributed by atoms with E-state index in [4.69, 9.17) is 0 Å². The Bertz CT molecular complexity index is 837. The molecule has 3 amide bonds. The zero-order valence-electron chi connectivity index (χ0n) is 13.0. The minimum absolute atomic E-state index is 0.0723. The highest BCUT2D eigenvalue weighted by Crippen LogP contribution is 2.34. The molecule has 8 heteroatoms.